The van der Waals surface area contributed by atoms with Crippen LogP contribution in [-0.2, 0) is 0 Å². The van der Waals surface area contributed by atoms with Crippen LogP contribution in [0.15, 0.2) is 31.0 Å². The van der Waals surface area contributed by atoms with Crippen LogP contribution in [0.25, 0.3) is 5.52 Å². The number of hydrogen-bond acceptors (Lipinski definition) is 6. The molecule has 0 amide bonds. The second-order valence-electron chi connectivity index (χ2n) is 6.82. The number of fused-ring (bicyclic) bond motifs is 1. The quantitative estimate of drug-likeness (QED) is 0.716. The van der Waals surface area contributed by atoms with Gasteiger partial charge in [-0.2, -0.15) is 5.10 Å². The van der Waals surface area contributed by atoms with Gasteiger partial charge in [-0.1, -0.05) is 0 Å². The second kappa shape index (κ2) is 6.86. The first-order valence-corrected chi connectivity index (χ1v) is 8.85. The molecule has 3 aromatic heterocycles. The molecule has 3 aromatic rings. The molecule has 1 aliphatic heterocycles. The van der Waals surface area contributed by atoms with Crippen molar-refractivity contribution < 1.29 is 4.39 Å². The van der Waals surface area contributed by atoms with Gasteiger partial charge in [0.1, 0.15) is 11.8 Å². The molecule has 0 aromatic carbocycles. The Morgan fingerprint density at radius 1 is 1.19 bits per heavy atom. The molecule has 1 aliphatic rings. The number of halogens is 1. The van der Waals surface area contributed by atoms with Crippen LogP contribution < -0.4 is 9.80 Å². The van der Waals surface area contributed by atoms with E-state index in [2.05, 4.69) is 25.0 Å². The maximum Gasteiger partial charge on any atom is 0.186 e. The van der Waals surface area contributed by atoms with Crippen molar-refractivity contribution >= 4 is 17.2 Å². The molecule has 0 unspecified atom stereocenters. The molecule has 1 saturated heterocycles. The Hall–Kier alpha value is -2.77. The van der Waals surface area contributed by atoms with E-state index in [0.29, 0.717) is 17.4 Å². The Bertz CT molecular complexity index is 901. The zero-order valence-corrected chi connectivity index (χ0v) is 15.0. The van der Waals surface area contributed by atoms with Crippen molar-refractivity contribution in [2.24, 2.45) is 5.92 Å². The summed E-state index contributed by atoms with van der Waals surface area (Å²) in [5.41, 5.74) is 1.42. The lowest BCUT2D eigenvalue weighted by Gasteiger charge is -2.35. The molecule has 0 aliphatic carbocycles. The van der Waals surface area contributed by atoms with Gasteiger partial charge in [-0.15, -0.1) is 0 Å². The fourth-order valence-electron chi connectivity index (χ4n) is 3.60. The van der Waals surface area contributed by atoms with Crippen molar-refractivity contribution in [2.75, 3.05) is 36.5 Å². The molecule has 0 atom stereocenters. The van der Waals surface area contributed by atoms with E-state index < -0.39 is 0 Å². The summed E-state index contributed by atoms with van der Waals surface area (Å²) in [6.07, 6.45) is 8.93. The summed E-state index contributed by atoms with van der Waals surface area (Å²) in [4.78, 5) is 16.8. The minimum atomic E-state index is -0.330. The highest BCUT2D eigenvalue weighted by molar-refractivity contribution is 5.68. The van der Waals surface area contributed by atoms with E-state index in [9.17, 15) is 4.39 Å². The van der Waals surface area contributed by atoms with E-state index in [1.165, 1.54) is 6.33 Å². The van der Waals surface area contributed by atoms with Crippen LogP contribution >= 0.6 is 0 Å². The number of aromatic nitrogens is 5. The van der Waals surface area contributed by atoms with Gasteiger partial charge in [-0.05, 0) is 31.7 Å². The first-order chi connectivity index (χ1) is 12.6. The highest BCUT2D eigenvalue weighted by atomic mass is 19.1. The van der Waals surface area contributed by atoms with E-state index in [0.717, 1.165) is 43.8 Å². The van der Waals surface area contributed by atoms with Crippen LogP contribution in [0.2, 0.25) is 0 Å². The van der Waals surface area contributed by atoms with Gasteiger partial charge in [-0.25, -0.2) is 23.9 Å². The third-order valence-electron chi connectivity index (χ3n) is 5.06. The fraction of sp³-hybridized carbons (Fsp3) is 0.444. The fourth-order valence-corrected chi connectivity index (χ4v) is 3.60. The Morgan fingerprint density at radius 3 is 2.81 bits per heavy atom. The van der Waals surface area contributed by atoms with Gasteiger partial charge < -0.3 is 9.80 Å². The minimum Gasteiger partial charge on any atom is -0.357 e. The maximum absolute atomic E-state index is 14.2. The average Bonchev–Trinajstić information content (AvgIpc) is 3.13. The molecule has 0 spiro atoms. The van der Waals surface area contributed by atoms with Gasteiger partial charge in [0.2, 0.25) is 0 Å². The molecule has 0 N–H and O–H groups in total. The summed E-state index contributed by atoms with van der Waals surface area (Å²) >= 11 is 0. The van der Waals surface area contributed by atoms with Crippen molar-refractivity contribution in [3.05, 3.63) is 42.5 Å². The molecule has 8 heteroatoms. The zero-order valence-electron chi connectivity index (χ0n) is 15.0. The van der Waals surface area contributed by atoms with Crippen LogP contribution in [0.1, 0.15) is 18.5 Å². The molecule has 0 saturated carbocycles. The summed E-state index contributed by atoms with van der Waals surface area (Å²) < 4.78 is 16.1. The molecule has 26 heavy (non-hydrogen) atoms. The minimum absolute atomic E-state index is 0.330. The largest absolute Gasteiger partial charge is 0.357 e. The topological polar surface area (TPSA) is 62.5 Å². The van der Waals surface area contributed by atoms with Crippen molar-refractivity contribution in [1.29, 1.82) is 0 Å². The molecule has 4 rings (SSSR count). The van der Waals surface area contributed by atoms with Crippen LogP contribution in [0.4, 0.5) is 16.0 Å². The SMILES string of the molecule is Cc1ncnc(N(C)CC2CCN(c3nccn4nccc34)CC2)c1F. The molecular weight excluding hydrogens is 333 g/mol. The normalized spacial score (nSPS) is 15.6. The highest BCUT2D eigenvalue weighted by Gasteiger charge is 2.24. The Balaban J connectivity index is 1.41. The first-order valence-electron chi connectivity index (χ1n) is 8.85. The Morgan fingerprint density at radius 2 is 2.00 bits per heavy atom. The lowest BCUT2D eigenvalue weighted by molar-refractivity contribution is 0.405. The van der Waals surface area contributed by atoms with E-state index in [1.807, 2.05) is 28.7 Å². The summed E-state index contributed by atoms with van der Waals surface area (Å²) in [5, 5.41) is 4.27. The van der Waals surface area contributed by atoms with Gasteiger partial charge >= 0.3 is 0 Å². The first kappa shape index (κ1) is 16.7. The Labute approximate surface area is 151 Å². The molecular formula is C18H22FN7. The predicted molar refractivity (Wildman–Crippen MR) is 97.9 cm³/mol. The second-order valence-corrected chi connectivity index (χ2v) is 6.82. The van der Waals surface area contributed by atoms with Crippen LogP contribution in [0, 0.1) is 18.7 Å². The van der Waals surface area contributed by atoms with Crippen molar-refractivity contribution in [1.82, 2.24) is 24.6 Å². The number of piperidine rings is 1. The molecule has 7 nitrogen and oxygen atoms in total. The Kier molecular flexibility index (Phi) is 4.40. The molecule has 136 valence electrons. The van der Waals surface area contributed by atoms with E-state index in [-0.39, 0.29) is 5.82 Å². The standard InChI is InChI=1S/C18H22FN7/c1-13-16(19)18(22-12-21-13)24(2)11-14-4-8-25(9-5-14)17-15-3-6-23-26(15)10-7-20-17/h3,6-7,10,12,14H,4-5,8-9,11H2,1-2H3. The third kappa shape index (κ3) is 3.07. The smallest absolute Gasteiger partial charge is 0.186 e. The molecule has 0 radical (unpaired) electrons. The summed E-state index contributed by atoms with van der Waals surface area (Å²) in [6.45, 7) is 4.31. The number of hydrogen-bond donors (Lipinski definition) is 0. The summed E-state index contributed by atoms with van der Waals surface area (Å²) in [6, 6.07) is 1.99. The zero-order chi connectivity index (χ0) is 18.1. The summed E-state index contributed by atoms with van der Waals surface area (Å²) in [7, 11) is 1.89. The molecule has 1 fully saturated rings. The lowest BCUT2D eigenvalue weighted by Crippen LogP contribution is -2.38. The molecule has 4 heterocycles. The van der Waals surface area contributed by atoms with Gasteiger partial charge in [0, 0.05) is 39.1 Å². The van der Waals surface area contributed by atoms with Gasteiger partial charge in [0.25, 0.3) is 0 Å². The van der Waals surface area contributed by atoms with Crippen LogP contribution in [-0.4, -0.2) is 51.2 Å². The predicted octanol–water partition coefficient (Wildman–Crippen LogP) is 2.32. The van der Waals surface area contributed by atoms with E-state index in [1.54, 1.807) is 19.3 Å². The van der Waals surface area contributed by atoms with E-state index >= 15 is 0 Å². The third-order valence-corrected chi connectivity index (χ3v) is 5.06. The maximum atomic E-state index is 14.2. The summed E-state index contributed by atoms with van der Waals surface area (Å²) in [5.74, 6) is 1.53. The van der Waals surface area contributed by atoms with Crippen LogP contribution in [0.5, 0.6) is 0 Å². The monoisotopic (exact) mass is 355 g/mol. The van der Waals surface area contributed by atoms with Crippen molar-refractivity contribution in [2.45, 2.75) is 19.8 Å². The van der Waals surface area contributed by atoms with Gasteiger partial charge in [0.15, 0.2) is 17.5 Å². The van der Waals surface area contributed by atoms with Crippen LogP contribution in [0.3, 0.4) is 0 Å². The van der Waals surface area contributed by atoms with Crippen molar-refractivity contribution in [3.63, 3.8) is 0 Å². The number of aryl methyl sites for hydroxylation is 1. The molecule has 0 bridgehead atoms. The van der Waals surface area contributed by atoms with Gasteiger partial charge in [0.05, 0.1) is 11.9 Å². The number of rotatable bonds is 4. The highest BCUT2D eigenvalue weighted by Crippen LogP contribution is 2.26. The average molecular weight is 355 g/mol. The lowest BCUT2D eigenvalue weighted by atomic mass is 9.96. The number of nitrogens with zero attached hydrogens (tertiary/aromatic N) is 7. The van der Waals surface area contributed by atoms with Gasteiger partial charge in [-0.3, -0.25) is 0 Å². The number of anilines is 2. The van der Waals surface area contributed by atoms with E-state index in [4.69, 9.17) is 0 Å². The van der Waals surface area contributed by atoms with Crippen molar-refractivity contribution in [3.8, 4) is 0 Å².